The molecule has 0 aromatic carbocycles. The van der Waals surface area contributed by atoms with E-state index in [2.05, 4.69) is 4.74 Å². The van der Waals surface area contributed by atoms with E-state index in [1.54, 1.807) is 4.74 Å². The van der Waals surface area contributed by atoms with Gasteiger partial charge in [0.15, 0.2) is 0 Å². The summed E-state index contributed by atoms with van der Waals surface area (Å²) in [5.41, 5.74) is 0. The van der Waals surface area contributed by atoms with Crippen molar-refractivity contribution in [2.45, 2.75) is 24.9 Å². The molecule has 3 nitrogen and oxygen atoms in total. The van der Waals surface area contributed by atoms with E-state index in [9.17, 15) is 39.5 Å². The summed E-state index contributed by atoms with van der Waals surface area (Å²) in [4.78, 5) is 0. The van der Waals surface area contributed by atoms with E-state index < -0.39 is 24.9 Å². The smallest absolute Gasteiger partial charge is 0.317 e. The van der Waals surface area contributed by atoms with Gasteiger partial charge >= 0.3 is 24.9 Å². The molecule has 0 aliphatic rings. The first-order valence-corrected chi connectivity index (χ1v) is 3.38. The Morgan fingerprint density at radius 2 is 1.06 bits per heavy atom. The molecule has 0 radical (unpaired) electrons. The van der Waals surface area contributed by atoms with Crippen LogP contribution in [0, 0.1) is 0 Å². The summed E-state index contributed by atoms with van der Waals surface area (Å²) in [5.74, 6) is 0. The Labute approximate surface area is 87.0 Å². The third-order valence-corrected chi connectivity index (χ3v) is 1.08. The van der Waals surface area contributed by atoms with E-state index in [1.807, 2.05) is 4.74 Å². The lowest BCUT2D eigenvalue weighted by molar-refractivity contribution is -0.564. The number of halogens is 9. The number of hydrogen-bond acceptors (Lipinski definition) is 3. The highest BCUT2D eigenvalue weighted by molar-refractivity contribution is 4.66. The average molecular weight is 282 g/mol. The van der Waals surface area contributed by atoms with Crippen LogP contribution in [0.5, 0.6) is 0 Å². The van der Waals surface area contributed by atoms with Crippen LogP contribution in [0.4, 0.5) is 39.5 Å². The molecular formula is C5H3F9O3. The zero-order chi connectivity index (χ0) is 14.1. The molecule has 0 bridgehead atoms. The molecule has 0 fully saturated rings. The van der Waals surface area contributed by atoms with Crippen molar-refractivity contribution in [1.82, 2.24) is 0 Å². The minimum Gasteiger partial charge on any atom is -0.317 e. The summed E-state index contributed by atoms with van der Waals surface area (Å²) in [6.07, 6.45) is -23.7. The van der Waals surface area contributed by atoms with Gasteiger partial charge < -0.3 is 4.74 Å². The second-order valence-corrected chi connectivity index (χ2v) is 2.35. The van der Waals surface area contributed by atoms with E-state index in [0.29, 0.717) is 0 Å². The zero-order valence-electron chi connectivity index (χ0n) is 7.63. The van der Waals surface area contributed by atoms with Crippen LogP contribution in [-0.4, -0.2) is 32.0 Å². The average Bonchev–Trinajstić information content (AvgIpc) is 1.96. The van der Waals surface area contributed by atoms with Crippen LogP contribution >= 0.6 is 0 Å². The molecule has 0 rings (SSSR count). The fourth-order valence-electron chi connectivity index (χ4n) is 0.483. The maximum absolute atomic E-state index is 12.2. The van der Waals surface area contributed by atoms with Gasteiger partial charge in [-0.3, -0.25) is 0 Å². The quantitative estimate of drug-likeness (QED) is 0.573. The number of alkyl halides is 9. The maximum Gasteiger partial charge on any atom is 0.529 e. The molecule has 0 heterocycles. The van der Waals surface area contributed by atoms with Gasteiger partial charge in [0.25, 0.3) is 0 Å². The molecule has 0 aliphatic heterocycles. The highest BCUT2D eigenvalue weighted by atomic mass is 19.4. The fourth-order valence-corrected chi connectivity index (χ4v) is 0.483. The molecular weight excluding hydrogens is 279 g/mol. The normalized spacial score (nSPS) is 15.2. The predicted octanol–water partition coefficient (Wildman–Crippen LogP) is 2.92. The standard InChI is InChI=1S/C5H3F9O3/c1-15-2(6,7)3(8,9)16-5(13,14)17-4(10,11)12/h1H3. The van der Waals surface area contributed by atoms with Gasteiger partial charge in [0.1, 0.15) is 0 Å². The first-order valence-electron chi connectivity index (χ1n) is 3.38. The second kappa shape index (κ2) is 4.49. The SMILES string of the molecule is COC(F)(F)C(F)(F)OC(F)(F)OC(F)(F)F. The molecule has 0 atom stereocenters. The van der Waals surface area contributed by atoms with Gasteiger partial charge in [0, 0.05) is 7.11 Å². The van der Waals surface area contributed by atoms with Crippen LogP contribution < -0.4 is 0 Å². The topological polar surface area (TPSA) is 27.7 Å². The highest BCUT2D eigenvalue weighted by Crippen LogP contribution is 2.41. The van der Waals surface area contributed by atoms with Gasteiger partial charge in [-0.05, 0) is 0 Å². The predicted molar refractivity (Wildman–Crippen MR) is 30.1 cm³/mol. The summed E-state index contributed by atoms with van der Waals surface area (Å²) in [6.45, 7) is 0. The number of ether oxygens (including phenoxy) is 3. The summed E-state index contributed by atoms with van der Waals surface area (Å²) < 4.78 is 113. The van der Waals surface area contributed by atoms with Crippen LogP contribution in [-0.2, 0) is 14.2 Å². The number of hydrogen-bond donors (Lipinski definition) is 0. The van der Waals surface area contributed by atoms with Gasteiger partial charge in [0.2, 0.25) is 0 Å². The molecule has 0 saturated carbocycles. The summed E-state index contributed by atoms with van der Waals surface area (Å²) in [5, 5.41) is 0. The van der Waals surface area contributed by atoms with Crippen molar-refractivity contribution < 1.29 is 53.7 Å². The van der Waals surface area contributed by atoms with Crippen molar-refractivity contribution in [2.24, 2.45) is 0 Å². The Morgan fingerprint density at radius 1 is 0.647 bits per heavy atom. The summed E-state index contributed by atoms with van der Waals surface area (Å²) in [7, 11) is 0.0000280. The van der Waals surface area contributed by atoms with Crippen LogP contribution in [0.2, 0.25) is 0 Å². The van der Waals surface area contributed by atoms with Gasteiger partial charge in [-0.25, -0.2) is 4.74 Å². The summed E-state index contributed by atoms with van der Waals surface area (Å²) >= 11 is 0. The lowest BCUT2D eigenvalue weighted by atomic mass is 10.6. The highest BCUT2D eigenvalue weighted by Gasteiger charge is 2.65. The molecule has 104 valence electrons. The van der Waals surface area contributed by atoms with Crippen LogP contribution in [0.1, 0.15) is 0 Å². The van der Waals surface area contributed by atoms with Crippen molar-refractivity contribution in [1.29, 1.82) is 0 Å². The van der Waals surface area contributed by atoms with Gasteiger partial charge in [0.05, 0.1) is 0 Å². The lowest BCUT2D eigenvalue weighted by Crippen LogP contribution is -2.50. The maximum atomic E-state index is 12.2. The largest absolute Gasteiger partial charge is 0.529 e. The van der Waals surface area contributed by atoms with Crippen LogP contribution in [0.15, 0.2) is 0 Å². The third kappa shape index (κ3) is 4.95. The van der Waals surface area contributed by atoms with Crippen molar-refractivity contribution in [3.05, 3.63) is 0 Å². The molecule has 0 unspecified atom stereocenters. The van der Waals surface area contributed by atoms with E-state index in [0.717, 1.165) is 0 Å². The molecule has 17 heavy (non-hydrogen) atoms. The molecule has 0 N–H and O–H groups in total. The van der Waals surface area contributed by atoms with Crippen molar-refractivity contribution in [3.8, 4) is 0 Å². The molecule has 0 aromatic rings. The molecule has 12 heteroatoms. The second-order valence-electron chi connectivity index (χ2n) is 2.35. The van der Waals surface area contributed by atoms with Crippen molar-refractivity contribution >= 4 is 0 Å². The first-order chi connectivity index (χ1) is 7.22. The number of methoxy groups -OCH3 is 1. The van der Waals surface area contributed by atoms with E-state index >= 15 is 0 Å². The minimum absolute atomic E-state index is 0.0000280. The lowest BCUT2D eigenvalue weighted by Gasteiger charge is -2.27. The Kier molecular flexibility index (Phi) is 4.30. The summed E-state index contributed by atoms with van der Waals surface area (Å²) in [6, 6.07) is 0. The Hall–Kier alpha value is -0.750. The van der Waals surface area contributed by atoms with Crippen molar-refractivity contribution in [3.63, 3.8) is 0 Å². The molecule has 0 aromatic heterocycles. The monoisotopic (exact) mass is 282 g/mol. The van der Waals surface area contributed by atoms with E-state index in [1.165, 1.54) is 0 Å². The van der Waals surface area contributed by atoms with Crippen LogP contribution in [0.25, 0.3) is 0 Å². The Morgan fingerprint density at radius 3 is 1.35 bits per heavy atom. The Bertz CT molecular complexity index is 260. The van der Waals surface area contributed by atoms with Gasteiger partial charge in [-0.2, -0.15) is 22.3 Å². The van der Waals surface area contributed by atoms with Crippen molar-refractivity contribution in [2.75, 3.05) is 7.11 Å². The molecule has 0 amide bonds. The number of rotatable bonds is 5. The Balaban J connectivity index is 4.82. The van der Waals surface area contributed by atoms with E-state index in [-0.39, 0.29) is 7.11 Å². The van der Waals surface area contributed by atoms with Gasteiger partial charge in [-0.1, -0.05) is 0 Å². The van der Waals surface area contributed by atoms with Crippen LogP contribution in [0.3, 0.4) is 0 Å². The fraction of sp³-hybridized carbons (Fsp3) is 1.00. The molecule has 0 aliphatic carbocycles. The van der Waals surface area contributed by atoms with Gasteiger partial charge in [-0.15, -0.1) is 22.0 Å². The first kappa shape index (κ1) is 16.2. The zero-order valence-corrected chi connectivity index (χ0v) is 7.63. The molecule has 0 spiro atoms. The third-order valence-electron chi connectivity index (χ3n) is 1.08. The molecule has 0 saturated heterocycles. The van der Waals surface area contributed by atoms with E-state index in [4.69, 9.17) is 0 Å². The minimum atomic E-state index is -6.07.